The minimum absolute atomic E-state index is 0.124. The molecule has 0 unspecified atom stereocenters. The molecule has 0 bridgehead atoms. The number of rotatable bonds is 5. The summed E-state index contributed by atoms with van der Waals surface area (Å²) < 4.78 is 12.2. The number of hydrogen-bond donors (Lipinski definition) is 1. The lowest BCUT2D eigenvalue weighted by molar-refractivity contribution is -0.121. The van der Waals surface area contributed by atoms with Crippen LogP contribution in [0.1, 0.15) is 5.69 Å². The first-order valence-electron chi connectivity index (χ1n) is 7.45. The number of carbonyl (C=O) groups is 1. The van der Waals surface area contributed by atoms with Crippen LogP contribution in [0, 0.1) is 0 Å². The molecule has 7 nitrogen and oxygen atoms in total. The molecule has 0 saturated carbocycles. The molecule has 0 aliphatic heterocycles. The molecule has 0 spiro atoms. The third-order valence-electron chi connectivity index (χ3n) is 3.63. The topological polar surface area (TPSA) is 86.1 Å². The van der Waals surface area contributed by atoms with Crippen LogP contribution in [-0.4, -0.2) is 20.6 Å². The molecule has 0 aliphatic carbocycles. The number of carbonyl (C=O) groups excluding carboxylic acids is 1. The number of imidazole rings is 1. The molecule has 1 amide bonds. The van der Waals surface area contributed by atoms with Crippen molar-refractivity contribution in [2.75, 3.05) is 0 Å². The summed E-state index contributed by atoms with van der Waals surface area (Å²) in [5, 5.41) is 6.74. The Labute approximate surface area is 136 Å². The highest BCUT2D eigenvalue weighted by molar-refractivity contribution is 5.80. The molecule has 0 fully saturated rings. The molecule has 24 heavy (non-hydrogen) atoms. The molecule has 3 aromatic heterocycles. The maximum absolute atomic E-state index is 12.1. The lowest BCUT2D eigenvalue weighted by Crippen LogP contribution is -2.26. The lowest BCUT2D eigenvalue weighted by atomic mass is 10.3. The minimum atomic E-state index is -0.124. The highest BCUT2D eigenvalue weighted by atomic mass is 16.5. The summed E-state index contributed by atoms with van der Waals surface area (Å²) >= 11 is 0. The first-order valence-corrected chi connectivity index (χ1v) is 7.45. The van der Waals surface area contributed by atoms with Crippen LogP contribution in [0.5, 0.6) is 0 Å². The van der Waals surface area contributed by atoms with E-state index >= 15 is 0 Å². The van der Waals surface area contributed by atoms with Gasteiger partial charge in [0.15, 0.2) is 5.76 Å². The van der Waals surface area contributed by atoms with E-state index in [0.29, 0.717) is 17.2 Å². The van der Waals surface area contributed by atoms with E-state index in [4.69, 9.17) is 8.94 Å². The highest BCUT2D eigenvalue weighted by Gasteiger charge is 2.11. The SMILES string of the molecule is O=C(Cn1cnc2ccccc21)NCc1cc(-c2ccco2)on1. The summed E-state index contributed by atoms with van der Waals surface area (Å²) in [6.07, 6.45) is 3.23. The second kappa shape index (κ2) is 6.04. The summed E-state index contributed by atoms with van der Waals surface area (Å²) in [4.78, 5) is 16.4. The van der Waals surface area contributed by atoms with Gasteiger partial charge in [0.05, 0.1) is 30.2 Å². The second-order valence-corrected chi connectivity index (χ2v) is 5.30. The van der Waals surface area contributed by atoms with Crippen LogP contribution >= 0.6 is 0 Å². The first-order chi connectivity index (χ1) is 11.8. The Morgan fingerprint density at radius 1 is 1.17 bits per heavy atom. The smallest absolute Gasteiger partial charge is 0.240 e. The molecule has 0 radical (unpaired) electrons. The van der Waals surface area contributed by atoms with Gasteiger partial charge >= 0.3 is 0 Å². The van der Waals surface area contributed by atoms with Crippen LogP contribution in [0.2, 0.25) is 0 Å². The molecular formula is C17H14N4O3. The largest absolute Gasteiger partial charge is 0.461 e. The molecule has 3 heterocycles. The van der Waals surface area contributed by atoms with Gasteiger partial charge in [0, 0.05) is 6.07 Å². The van der Waals surface area contributed by atoms with Gasteiger partial charge in [-0.3, -0.25) is 4.79 Å². The number of nitrogens with one attached hydrogen (secondary N) is 1. The molecular weight excluding hydrogens is 308 g/mol. The Hall–Kier alpha value is -3.35. The van der Waals surface area contributed by atoms with Crippen molar-refractivity contribution in [3.8, 4) is 11.5 Å². The number of furan rings is 1. The molecule has 7 heteroatoms. The summed E-state index contributed by atoms with van der Waals surface area (Å²) in [5.41, 5.74) is 2.42. The Bertz CT molecular complexity index is 969. The predicted octanol–water partition coefficient (Wildman–Crippen LogP) is 2.60. The number of benzene rings is 1. The fraction of sp³-hybridized carbons (Fsp3) is 0.118. The average molecular weight is 322 g/mol. The number of aromatic nitrogens is 3. The van der Waals surface area contributed by atoms with Gasteiger partial charge in [0.1, 0.15) is 12.2 Å². The second-order valence-electron chi connectivity index (χ2n) is 5.30. The zero-order valence-corrected chi connectivity index (χ0v) is 12.7. The van der Waals surface area contributed by atoms with Crippen molar-refractivity contribution in [3.63, 3.8) is 0 Å². The summed E-state index contributed by atoms with van der Waals surface area (Å²) in [6, 6.07) is 13.0. The Morgan fingerprint density at radius 2 is 2.08 bits per heavy atom. The van der Waals surface area contributed by atoms with Crippen LogP contribution in [0.25, 0.3) is 22.6 Å². The highest BCUT2D eigenvalue weighted by Crippen LogP contribution is 2.20. The molecule has 4 rings (SSSR count). The van der Waals surface area contributed by atoms with E-state index in [1.807, 2.05) is 28.8 Å². The average Bonchev–Trinajstić information content (AvgIpc) is 3.34. The Kier molecular flexibility index (Phi) is 3.59. The lowest BCUT2D eigenvalue weighted by Gasteiger charge is -2.05. The van der Waals surface area contributed by atoms with Crippen molar-refractivity contribution in [2.45, 2.75) is 13.1 Å². The number of amides is 1. The van der Waals surface area contributed by atoms with E-state index in [-0.39, 0.29) is 19.0 Å². The number of nitrogens with zero attached hydrogens (tertiary/aromatic N) is 3. The van der Waals surface area contributed by atoms with Gasteiger partial charge in [-0.15, -0.1) is 0 Å². The zero-order valence-electron chi connectivity index (χ0n) is 12.7. The van der Waals surface area contributed by atoms with E-state index in [1.165, 1.54) is 0 Å². The van der Waals surface area contributed by atoms with Gasteiger partial charge in [0.2, 0.25) is 11.7 Å². The van der Waals surface area contributed by atoms with Crippen LogP contribution in [-0.2, 0) is 17.9 Å². The van der Waals surface area contributed by atoms with Gasteiger partial charge in [-0.25, -0.2) is 4.98 Å². The van der Waals surface area contributed by atoms with Crippen molar-refractivity contribution >= 4 is 16.9 Å². The summed E-state index contributed by atoms with van der Waals surface area (Å²) in [6.45, 7) is 0.485. The molecule has 0 aliphatic rings. The molecule has 0 atom stereocenters. The van der Waals surface area contributed by atoms with Crippen molar-refractivity contribution < 1.29 is 13.7 Å². The molecule has 4 aromatic rings. The normalized spacial score (nSPS) is 11.0. The molecule has 0 saturated heterocycles. The molecule has 1 aromatic carbocycles. The standard InChI is InChI=1S/C17H14N4O3/c22-17(10-21-11-19-13-4-1-2-5-14(13)21)18-9-12-8-16(24-20-12)15-6-3-7-23-15/h1-8,11H,9-10H2,(H,18,22). The maximum atomic E-state index is 12.1. The van der Waals surface area contributed by atoms with Crippen molar-refractivity contribution in [3.05, 3.63) is 60.7 Å². The Balaban J connectivity index is 1.38. The molecule has 1 N–H and O–H groups in total. The Morgan fingerprint density at radius 3 is 2.96 bits per heavy atom. The fourth-order valence-corrected chi connectivity index (χ4v) is 2.47. The van der Waals surface area contributed by atoms with Gasteiger partial charge in [0.25, 0.3) is 0 Å². The van der Waals surface area contributed by atoms with Crippen LogP contribution in [0.3, 0.4) is 0 Å². The van der Waals surface area contributed by atoms with Gasteiger partial charge in [-0.1, -0.05) is 17.3 Å². The van der Waals surface area contributed by atoms with Crippen molar-refractivity contribution in [2.24, 2.45) is 0 Å². The number of hydrogen-bond acceptors (Lipinski definition) is 5. The van der Waals surface area contributed by atoms with Crippen molar-refractivity contribution in [1.82, 2.24) is 20.0 Å². The summed E-state index contributed by atoms with van der Waals surface area (Å²) in [5.74, 6) is 1.01. The quantitative estimate of drug-likeness (QED) is 0.610. The first kappa shape index (κ1) is 14.3. The predicted molar refractivity (Wildman–Crippen MR) is 85.8 cm³/mol. The number of para-hydroxylation sites is 2. The summed E-state index contributed by atoms with van der Waals surface area (Å²) in [7, 11) is 0. The van der Waals surface area contributed by atoms with Crippen LogP contribution in [0.4, 0.5) is 0 Å². The van der Waals surface area contributed by atoms with Crippen LogP contribution < -0.4 is 5.32 Å². The van der Waals surface area contributed by atoms with E-state index in [9.17, 15) is 4.79 Å². The van der Waals surface area contributed by atoms with Gasteiger partial charge < -0.3 is 18.8 Å². The van der Waals surface area contributed by atoms with Crippen molar-refractivity contribution in [1.29, 1.82) is 0 Å². The molecule has 120 valence electrons. The fourth-order valence-electron chi connectivity index (χ4n) is 2.47. The van der Waals surface area contributed by atoms with E-state index in [0.717, 1.165) is 11.0 Å². The van der Waals surface area contributed by atoms with E-state index in [1.54, 1.807) is 30.8 Å². The minimum Gasteiger partial charge on any atom is -0.461 e. The third-order valence-corrected chi connectivity index (χ3v) is 3.63. The number of fused-ring (bicyclic) bond motifs is 1. The zero-order chi connectivity index (χ0) is 16.4. The van der Waals surface area contributed by atoms with Gasteiger partial charge in [-0.2, -0.15) is 0 Å². The third kappa shape index (κ3) is 2.79. The van der Waals surface area contributed by atoms with Gasteiger partial charge in [-0.05, 0) is 24.3 Å². The monoisotopic (exact) mass is 322 g/mol. The van der Waals surface area contributed by atoms with Crippen LogP contribution in [0.15, 0.2) is 64.0 Å². The van der Waals surface area contributed by atoms with E-state index < -0.39 is 0 Å². The van der Waals surface area contributed by atoms with E-state index in [2.05, 4.69) is 15.5 Å². The maximum Gasteiger partial charge on any atom is 0.240 e.